The first-order valence-corrected chi connectivity index (χ1v) is 9.09. The molecule has 0 amide bonds. The molecule has 6 heteroatoms. The monoisotopic (exact) mass is 331 g/mol. The summed E-state index contributed by atoms with van der Waals surface area (Å²) in [6.45, 7) is 3.06. The average molecular weight is 331 g/mol. The standard InChI is InChI=1S/C16H20F3NOS/c17-16(18,19)14-5-3-13(4-6-14)2-1-8-20-9-7-15(10-20)11-22(21)12-15/h3-6H,1-2,7-12H2. The van der Waals surface area contributed by atoms with Gasteiger partial charge in [-0.1, -0.05) is 23.3 Å². The molecule has 2 aliphatic rings. The molecule has 1 aromatic rings. The second-order valence-electron chi connectivity index (χ2n) is 6.55. The van der Waals surface area contributed by atoms with Crippen molar-refractivity contribution in [1.29, 1.82) is 0 Å². The SMILES string of the molecule is [O-][S+]1CC2(CCN(CCCc3ccc(C(F)(F)F)cc3)C2)C1. The third kappa shape index (κ3) is 3.60. The van der Waals surface area contributed by atoms with Crippen molar-refractivity contribution in [3.8, 4) is 0 Å². The summed E-state index contributed by atoms with van der Waals surface area (Å²) < 4.78 is 48.7. The first-order chi connectivity index (χ1) is 10.4. The van der Waals surface area contributed by atoms with Crippen molar-refractivity contribution in [3.05, 3.63) is 35.4 Å². The molecule has 2 heterocycles. The molecule has 0 unspecified atom stereocenters. The Morgan fingerprint density at radius 2 is 1.86 bits per heavy atom. The Morgan fingerprint density at radius 1 is 1.18 bits per heavy atom. The van der Waals surface area contributed by atoms with Crippen LogP contribution in [-0.4, -0.2) is 40.6 Å². The molecule has 3 rings (SSSR count). The van der Waals surface area contributed by atoms with Crippen LogP contribution in [0.15, 0.2) is 24.3 Å². The molecule has 0 bridgehead atoms. The van der Waals surface area contributed by atoms with Crippen LogP contribution >= 0.6 is 0 Å². The largest absolute Gasteiger partial charge is 0.616 e. The highest BCUT2D eigenvalue weighted by molar-refractivity contribution is 7.92. The average Bonchev–Trinajstić information content (AvgIpc) is 2.82. The lowest BCUT2D eigenvalue weighted by atomic mass is 9.91. The summed E-state index contributed by atoms with van der Waals surface area (Å²) in [5, 5.41) is 0. The number of likely N-dealkylation sites (tertiary alicyclic amines) is 1. The Morgan fingerprint density at radius 3 is 2.45 bits per heavy atom. The van der Waals surface area contributed by atoms with Crippen molar-refractivity contribution in [3.63, 3.8) is 0 Å². The maximum Gasteiger partial charge on any atom is 0.416 e. The van der Waals surface area contributed by atoms with Crippen molar-refractivity contribution in [1.82, 2.24) is 4.90 Å². The summed E-state index contributed by atoms with van der Waals surface area (Å²) in [5.41, 5.74) is 0.668. The zero-order valence-corrected chi connectivity index (χ0v) is 13.2. The third-order valence-corrected chi connectivity index (χ3v) is 6.54. The number of halogens is 3. The number of hydrogen-bond donors (Lipinski definition) is 0. The molecule has 1 aromatic carbocycles. The van der Waals surface area contributed by atoms with Crippen LogP contribution in [0.3, 0.4) is 0 Å². The van der Waals surface area contributed by atoms with Crippen LogP contribution in [0.4, 0.5) is 13.2 Å². The fraction of sp³-hybridized carbons (Fsp3) is 0.625. The molecule has 2 saturated heterocycles. The van der Waals surface area contributed by atoms with E-state index in [1.54, 1.807) is 12.1 Å². The number of aryl methyl sites for hydroxylation is 1. The second-order valence-corrected chi connectivity index (χ2v) is 8.01. The molecule has 0 radical (unpaired) electrons. The van der Waals surface area contributed by atoms with Gasteiger partial charge >= 0.3 is 6.18 Å². The van der Waals surface area contributed by atoms with E-state index in [0.717, 1.165) is 68.1 Å². The molecule has 2 fully saturated rings. The van der Waals surface area contributed by atoms with Crippen LogP contribution in [0.25, 0.3) is 0 Å². The summed E-state index contributed by atoms with van der Waals surface area (Å²) in [6.07, 6.45) is -1.37. The van der Waals surface area contributed by atoms with Crippen LogP contribution < -0.4 is 0 Å². The lowest BCUT2D eigenvalue weighted by Crippen LogP contribution is -2.50. The van der Waals surface area contributed by atoms with E-state index in [9.17, 15) is 17.7 Å². The maximum atomic E-state index is 12.5. The highest BCUT2D eigenvalue weighted by Gasteiger charge is 2.52. The van der Waals surface area contributed by atoms with E-state index in [4.69, 9.17) is 0 Å². The van der Waals surface area contributed by atoms with Crippen LogP contribution in [0.5, 0.6) is 0 Å². The molecule has 2 aliphatic heterocycles. The molecular weight excluding hydrogens is 311 g/mol. The Hall–Kier alpha value is -0.720. The summed E-state index contributed by atoms with van der Waals surface area (Å²) >= 11 is -0.600. The second kappa shape index (κ2) is 6.06. The highest BCUT2D eigenvalue weighted by Crippen LogP contribution is 2.41. The molecule has 2 nitrogen and oxygen atoms in total. The first kappa shape index (κ1) is 16.1. The van der Waals surface area contributed by atoms with Crippen molar-refractivity contribution in [2.24, 2.45) is 5.41 Å². The van der Waals surface area contributed by atoms with Crippen molar-refractivity contribution in [2.45, 2.75) is 25.4 Å². The molecule has 0 aliphatic carbocycles. The quantitative estimate of drug-likeness (QED) is 0.793. The van der Waals surface area contributed by atoms with Crippen LogP contribution in [-0.2, 0) is 23.8 Å². The lowest BCUT2D eigenvalue weighted by Gasteiger charge is -2.38. The minimum Gasteiger partial charge on any atom is -0.616 e. The van der Waals surface area contributed by atoms with Gasteiger partial charge in [-0.2, -0.15) is 13.2 Å². The summed E-state index contributed by atoms with van der Waals surface area (Å²) in [7, 11) is 0. The summed E-state index contributed by atoms with van der Waals surface area (Å²) in [6, 6.07) is 5.46. The fourth-order valence-corrected chi connectivity index (χ4v) is 5.21. The van der Waals surface area contributed by atoms with Gasteiger partial charge in [-0.15, -0.1) is 0 Å². The zero-order valence-electron chi connectivity index (χ0n) is 12.4. The van der Waals surface area contributed by atoms with E-state index >= 15 is 0 Å². The molecular formula is C16H20F3NOS. The van der Waals surface area contributed by atoms with E-state index in [1.807, 2.05) is 0 Å². The van der Waals surface area contributed by atoms with E-state index in [0.29, 0.717) is 5.41 Å². The zero-order chi connectivity index (χ0) is 15.8. The van der Waals surface area contributed by atoms with E-state index in [-0.39, 0.29) is 0 Å². The van der Waals surface area contributed by atoms with Gasteiger partial charge in [-0.05, 0) is 50.0 Å². The third-order valence-electron chi connectivity index (χ3n) is 4.67. The molecule has 0 saturated carbocycles. The molecule has 0 N–H and O–H groups in total. The van der Waals surface area contributed by atoms with Gasteiger partial charge in [0.1, 0.15) is 11.5 Å². The lowest BCUT2D eigenvalue weighted by molar-refractivity contribution is -0.137. The van der Waals surface area contributed by atoms with Gasteiger partial charge in [0.2, 0.25) is 0 Å². The summed E-state index contributed by atoms with van der Waals surface area (Å²) in [4.78, 5) is 2.40. The smallest absolute Gasteiger partial charge is 0.416 e. The number of nitrogens with zero attached hydrogens (tertiary/aromatic N) is 1. The van der Waals surface area contributed by atoms with Gasteiger partial charge in [0.15, 0.2) is 0 Å². The topological polar surface area (TPSA) is 26.3 Å². The Balaban J connectivity index is 1.42. The minimum atomic E-state index is -4.26. The Kier molecular flexibility index (Phi) is 4.45. The van der Waals surface area contributed by atoms with Crippen molar-refractivity contribution in [2.75, 3.05) is 31.1 Å². The number of benzene rings is 1. The molecule has 122 valence electrons. The van der Waals surface area contributed by atoms with E-state index < -0.39 is 22.9 Å². The van der Waals surface area contributed by atoms with Gasteiger partial charge in [0, 0.05) is 6.54 Å². The highest BCUT2D eigenvalue weighted by atomic mass is 32.2. The molecule has 1 spiro atoms. The van der Waals surface area contributed by atoms with Crippen molar-refractivity contribution < 1.29 is 17.7 Å². The molecule has 22 heavy (non-hydrogen) atoms. The number of alkyl halides is 3. The number of rotatable bonds is 4. The van der Waals surface area contributed by atoms with Crippen molar-refractivity contribution >= 4 is 11.2 Å². The minimum absolute atomic E-state index is 0.305. The predicted octanol–water partition coefficient (Wildman–Crippen LogP) is 3.09. The van der Waals surface area contributed by atoms with Gasteiger partial charge < -0.3 is 9.45 Å². The van der Waals surface area contributed by atoms with Gasteiger partial charge in [-0.25, -0.2) is 0 Å². The van der Waals surface area contributed by atoms with Gasteiger partial charge in [-0.3, -0.25) is 0 Å². The molecule has 0 aromatic heterocycles. The molecule has 0 atom stereocenters. The fourth-order valence-electron chi connectivity index (χ4n) is 3.46. The van der Waals surface area contributed by atoms with Gasteiger partial charge in [0.05, 0.1) is 11.0 Å². The van der Waals surface area contributed by atoms with E-state index in [1.165, 1.54) is 0 Å². The number of hydrogen-bond acceptors (Lipinski definition) is 2. The Bertz CT molecular complexity index is 511. The maximum absolute atomic E-state index is 12.5. The van der Waals surface area contributed by atoms with E-state index in [2.05, 4.69) is 4.90 Å². The van der Waals surface area contributed by atoms with Crippen LogP contribution in [0.2, 0.25) is 0 Å². The van der Waals surface area contributed by atoms with Gasteiger partial charge in [0.25, 0.3) is 0 Å². The normalized spacial score (nSPS) is 29.0. The Labute approximate surface area is 131 Å². The summed E-state index contributed by atoms with van der Waals surface area (Å²) in [5.74, 6) is 1.70. The van der Waals surface area contributed by atoms with Crippen LogP contribution in [0, 0.1) is 5.41 Å². The first-order valence-electron chi connectivity index (χ1n) is 7.60. The van der Waals surface area contributed by atoms with Crippen LogP contribution in [0.1, 0.15) is 24.0 Å². The predicted molar refractivity (Wildman–Crippen MR) is 81.1 cm³/mol.